The van der Waals surface area contributed by atoms with Crippen molar-refractivity contribution in [2.24, 2.45) is 0 Å². The van der Waals surface area contributed by atoms with Gasteiger partial charge in [-0.05, 0) is 68.3 Å². The van der Waals surface area contributed by atoms with Crippen molar-refractivity contribution in [3.63, 3.8) is 0 Å². The zero-order valence-corrected chi connectivity index (χ0v) is 22.2. The van der Waals surface area contributed by atoms with Crippen molar-refractivity contribution in [1.82, 2.24) is 15.1 Å². The van der Waals surface area contributed by atoms with Gasteiger partial charge >= 0.3 is 6.03 Å². The summed E-state index contributed by atoms with van der Waals surface area (Å²) in [4.78, 5) is 29.0. The highest BCUT2D eigenvalue weighted by Gasteiger charge is 2.19. The van der Waals surface area contributed by atoms with Crippen LogP contribution in [0.1, 0.15) is 31.2 Å². The van der Waals surface area contributed by atoms with Gasteiger partial charge in [0.25, 0.3) is 0 Å². The number of benzene rings is 2. The number of rotatable bonds is 10. The Kier molecular flexibility index (Phi) is 11.4. The van der Waals surface area contributed by atoms with Crippen LogP contribution in [0.15, 0.2) is 48.5 Å². The average molecular weight is 534 g/mol. The molecule has 1 heterocycles. The first-order valence-corrected chi connectivity index (χ1v) is 13.0. The van der Waals surface area contributed by atoms with E-state index in [-0.39, 0.29) is 11.9 Å². The number of amides is 3. The van der Waals surface area contributed by atoms with E-state index in [2.05, 4.69) is 15.5 Å². The van der Waals surface area contributed by atoms with Crippen LogP contribution in [0.4, 0.5) is 10.5 Å². The summed E-state index contributed by atoms with van der Waals surface area (Å²) in [6.07, 6.45) is 7.20. The van der Waals surface area contributed by atoms with E-state index in [9.17, 15) is 9.59 Å². The molecule has 2 N–H and O–H groups in total. The van der Waals surface area contributed by atoms with Gasteiger partial charge in [0.15, 0.2) is 0 Å². The van der Waals surface area contributed by atoms with Crippen LogP contribution in [0.2, 0.25) is 10.0 Å². The quantitative estimate of drug-likeness (QED) is 0.311. The van der Waals surface area contributed by atoms with Crippen molar-refractivity contribution >= 4 is 46.9 Å². The summed E-state index contributed by atoms with van der Waals surface area (Å²) in [7, 11) is 1.61. The Labute approximate surface area is 223 Å². The summed E-state index contributed by atoms with van der Waals surface area (Å²) in [5.74, 6) is 0.593. The largest absolute Gasteiger partial charge is 0.497 e. The van der Waals surface area contributed by atoms with E-state index in [1.807, 2.05) is 35.2 Å². The number of ether oxygens (including phenoxy) is 1. The van der Waals surface area contributed by atoms with E-state index in [0.29, 0.717) is 28.9 Å². The summed E-state index contributed by atoms with van der Waals surface area (Å²) in [6.45, 7) is 4.94. The first kappa shape index (κ1) is 27.8. The Bertz CT molecular complexity index is 1050. The molecule has 0 saturated carbocycles. The molecule has 0 atom stereocenters. The van der Waals surface area contributed by atoms with Gasteiger partial charge in [-0.3, -0.25) is 4.79 Å². The standard InChI is InChI=1S/C27H34Cl2N4O3/c1-36-23-8-5-7-22(20-23)31-27(35)33-16-6-15-32(17-18-33)14-4-2-3-13-30-26(34)12-10-21-9-11-24(28)25(29)19-21/h5,7-12,19-20H,2-4,6,13-18H2,1H3,(H,30,34)(H,31,35)/b12-10+. The summed E-state index contributed by atoms with van der Waals surface area (Å²) in [6, 6.07) is 12.6. The van der Waals surface area contributed by atoms with Crippen LogP contribution in [0, 0.1) is 0 Å². The maximum Gasteiger partial charge on any atom is 0.321 e. The van der Waals surface area contributed by atoms with Crippen LogP contribution in [0.3, 0.4) is 0 Å². The van der Waals surface area contributed by atoms with Gasteiger partial charge in [-0.25, -0.2) is 4.79 Å². The number of carbonyl (C=O) groups excluding carboxylic acids is 2. The van der Waals surface area contributed by atoms with E-state index < -0.39 is 0 Å². The first-order chi connectivity index (χ1) is 17.4. The molecular weight excluding hydrogens is 499 g/mol. The summed E-state index contributed by atoms with van der Waals surface area (Å²) in [5.41, 5.74) is 1.56. The lowest BCUT2D eigenvalue weighted by atomic mass is 10.2. The number of nitrogens with zero attached hydrogens (tertiary/aromatic N) is 2. The number of anilines is 1. The van der Waals surface area contributed by atoms with Crippen molar-refractivity contribution in [3.05, 3.63) is 64.1 Å². The zero-order chi connectivity index (χ0) is 25.8. The Morgan fingerprint density at radius 1 is 1.00 bits per heavy atom. The lowest BCUT2D eigenvalue weighted by molar-refractivity contribution is -0.116. The highest BCUT2D eigenvalue weighted by molar-refractivity contribution is 6.42. The molecule has 3 rings (SSSR count). The van der Waals surface area contributed by atoms with E-state index in [4.69, 9.17) is 27.9 Å². The number of methoxy groups -OCH3 is 1. The second-order valence-corrected chi connectivity index (χ2v) is 9.52. The highest BCUT2D eigenvalue weighted by Crippen LogP contribution is 2.23. The van der Waals surface area contributed by atoms with Gasteiger partial charge in [0.2, 0.25) is 5.91 Å². The molecule has 194 valence electrons. The molecule has 2 aromatic rings. The number of nitrogens with one attached hydrogen (secondary N) is 2. The summed E-state index contributed by atoms with van der Waals surface area (Å²) < 4.78 is 5.22. The fraction of sp³-hybridized carbons (Fsp3) is 0.407. The Hall–Kier alpha value is -2.74. The fourth-order valence-electron chi connectivity index (χ4n) is 4.00. The predicted octanol–water partition coefficient (Wildman–Crippen LogP) is 5.54. The zero-order valence-electron chi connectivity index (χ0n) is 20.6. The first-order valence-electron chi connectivity index (χ1n) is 12.3. The number of carbonyl (C=O) groups is 2. The molecule has 1 fully saturated rings. The number of urea groups is 1. The van der Waals surface area contributed by atoms with E-state index in [1.165, 1.54) is 6.08 Å². The Morgan fingerprint density at radius 3 is 2.67 bits per heavy atom. The van der Waals surface area contributed by atoms with Gasteiger partial charge in [-0.2, -0.15) is 0 Å². The number of hydrogen-bond acceptors (Lipinski definition) is 4. The van der Waals surface area contributed by atoms with Crippen LogP contribution in [-0.2, 0) is 4.79 Å². The second kappa shape index (κ2) is 14.7. The minimum Gasteiger partial charge on any atom is -0.497 e. The lowest BCUT2D eigenvalue weighted by Gasteiger charge is -2.22. The Morgan fingerprint density at radius 2 is 1.86 bits per heavy atom. The molecule has 0 radical (unpaired) electrons. The van der Waals surface area contributed by atoms with Crippen LogP contribution < -0.4 is 15.4 Å². The van der Waals surface area contributed by atoms with Crippen molar-refractivity contribution in [3.8, 4) is 5.75 Å². The molecule has 2 aromatic carbocycles. The van der Waals surface area contributed by atoms with Crippen molar-refractivity contribution in [1.29, 1.82) is 0 Å². The van der Waals surface area contributed by atoms with Crippen LogP contribution in [0.5, 0.6) is 5.75 Å². The molecule has 36 heavy (non-hydrogen) atoms. The van der Waals surface area contributed by atoms with Crippen molar-refractivity contribution in [2.75, 3.05) is 51.7 Å². The minimum absolute atomic E-state index is 0.0749. The van der Waals surface area contributed by atoms with E-state index >= 15 is 0 Å². The monoisotopic (exact) mass is 532 g/mol. The van der Waals surface area contributed by atoms with Gasteiger partial charge in [0.1, 0.15) is 5.75 Å². The predicted molar refractivity (Wildman–Crippen MR) is 147 cm³/mol. The van der Waals surface area contributed by atoms with Gasteiger partial charge in [0, 0.05) is 44.0 Å². The normalized spacial score (nSPS) is 14.5. The van der Waals surface area contributed by atoms with E-state index in [0.717, 1.165) is 63.1 Å². The van der Waals surface area contributed by atoms with Crippen molar-refractivity contribution in [2.45, 2.75) is 25.7 Å². The summed E-state index contributed by atoms with van der Waals surface area (Å²) in [5, 5.41) is 6.84. The third-order valence-corrected chi connectivity index (χ3v) is 6.76. The topological polar surface area (TPSA) is 73.9 Å². The average Bonchev–Trinajstić information content (AvgIpc) is 3.13. The minimum atomic E-state index is -0.124. The molecule has 1 aliphatic rings. The van der Waals surface area contributed by atoms with Crippen molar-refractivity contribution < 1.29 is 14.3 Å². The molecule has 1 saturated heterocycles. The maximum absolute atomic E-state index is 12.7. The fourth-order valence-corrected chi connectivity index (χ4v) is 4.30. The molecule has 7 nitrogen and oxygen atoms in total. The van der Waals surface area contributed by atoms with Gasteiger partial charge in [-0.15, -0.1) is 0 Å². The molecule has 0 aromatic heterocycles. The second-order valence-electron chi connectivity index (χ2n) is 8.70. The summed E-state index contributed by atoms with van der Waals surface area (Å²) >= 11 is 11.9. The smallest absolute Gasteiger partial charge is 0.321 e. The highest BCUT2D eigenvalue weighted by atomic mass is 35.5. The maximum atomic E-state index is 12.7. The van der Waals surface area contributed by atoms with Gasteiger partial charge in [-0.1, -0.05) is 41.8 Å². The van der Waals surface area contributed by atoms with Gasteiger partial charge < -0.3 is 25.2 Å². The van der Waals surface area contributed by atoms with Crippen LogP contribution in [0.25, 0.3) is 6.08 Å². The molecule has 9 heteroatoms. The van der Waals surface area contributed by atoms with E-state index in [1.54, 1.807) is 25.3 Å². The lowest BCUT2D eigenvalue weighted by Crippen LogP contribution is -2.38. The molecule has 1 aliphatic heterocycles. The SMILES string of the molecule is COc1cccc(NC(=O)N2CCCN(CCCCCNC(=O)/C=C/c3ccc(Cl)c(Cl)c3)CC2)c1. The van der Waals surface area contributed by atoms with Crippen LogP contribution in [-0.4, -0.2) is 68.1 Å². The third-order valence-electron chi connectivity index (χ3n) is 6.02. The van der Waals surface area contributed by atoms with Crippen LogP contribution >= 0.6 is 23.2 Å². The Balaban J connectivity index is 1.28. The number of halogens is 2. The molecule has 0 spiro atoms. The number of unbranched alkanes of at least 4 members (excludes halogenated alkanes) is 2. The number of hydrogen-bond donors (Lipinski definition) is 2. The van der Waals surface area contributed by atoms with Gasteiger partial charge in [0.05, 0.1) is 17.2 Å². The molecular formula is C27H34Cl2N4O3. The third kappa shape index (κ3) is 9.37. The molecule has 3 amide bonds. The molecule has 0 bridgehead atoms. The molecule has 0 unspecified atom stereocenters. The molecule has 0 aliphatic carbocycles.